The number of hydrogen-bond acceptors (Lipinski definition) is 3. The maximum absolute atomic E-state index is 10.9. The molecule has 2 aromatic heterocycles. The summed E-state index contributed by atoms with van der Waals surface area (Å²) in [5.74, 6) is 0.181. The fourth-order valence-corrected chi connectivity index (χ4v) is 3.87. The molecule has 1 aromatic carbocycles. The van der Waals surface area contributed by atoms with Crippen molar-refractivity contribution in [1.82, 2.24) is 19.6 Å². The average Bonchev–Trinajstić information content (AvgIpc) is 3.15. The Morgan fingerprint density at radius 2 is 1.72 bits per heavy atom. The molecule has 0 atom stereocenters. The van der Waals surface area contributed by atoms with Gasteiger partial charge in [0.1, 0.15) is 0 Å². The zero-order valence-corrected chi connectivity index (χ0v) is 14.8. The molecule has 25 heavy (non-hydrogen) atoms. The van der Waals surface area contributed by atoms with E-state index in [2.05, 4.69) is 15.8 Å². The predicted molar refractivity (Wildman–Crippen MR) is 98.0 cm³/mol. The largest absolute Gasteiger partial charge is 0.493 e. The van der Waals surface area contributed by atoms with Crippen LogP contribution in [0, 0.1) is 13.8 Å². The number of nitrogens with zero attached hydrogens (tertiary/aromatic N) is 4. The smallest absolute Gasteiger partial charge is 0.224 e. The third kappa shape index (κ3) is 2.84. The van der Waals surface area contributed by atoms with Gasteiger partial charge in [-0.05, 0) is 44.9 Å². The van der Waals surface area contributed by atoms with Crippen molar-refractivity contribution in [3.8, 4) is 22.8 Å². The highest BCUT2D eigenvalue weighted by Crippen LogP contribution is 2.38. The summed E-state index contributed by atoms with van der Waals surface area (Å²) in [6, 6.07) is 12.2. The molecule has 1 N–H and O–H groups in total. The van der Waals surface area contributed by atoms with Gasteiger partial charge in [0.05, 0.1) is 34.4 Å². The third-order valence-corrected chi connectivity index (χ3v) is 5.07. The van der Waals surface area contributed by atoms with Crippen molar-refractivity contribution in [3.63, 3.8) is 0 Å². The monoisotopic (exact) mass is 336 g/mol. The Bertz CT molecular complexity index is 873. The Hall–Kier alpha value is -2.56. The summed E-state index contributed by atoms with van der Waals surface area (Å²) in [7, 11) is 0. The number of rotatable bonds is 3. The second-order valence-corrected chi connectivity index (χ2v) is 6.94. The minimum absolute atomic E-state index is 0.181. The predicted octanol–water partition coefficient (Wildman–Crippen LogP) is 4.56. The Morgan fingerprint density at radius 3 is 2.44 bits per heavy atom. The van der Waals surface area contributed by atoms with Gasteiger partial charge in [-0.1, -0.05) is 37.5 Å². The molecule has 1 saturated carbocycles. The van der Waals surface area contributed by atoms with Gasteiger partial charge in [-0.2, -0.15) is 10.2 Å². The number of aromatic hydroxyl groups is 1. The van der Waals surface area contributed by atoms with Crippen molar-refractivity contribution in [1.29, 1.82) is 0 Å². The molecular weight excluding hydrogens is 312 g/mol. The number of benzene rings is 1. The fourth-order valence-electron chi connectivity index (χ4n) is 3.87. The first kappa shape index (κ1) is 15.9. The van der Waals surface area contributed by atoms with Crippen LogP contribution in [0.1, 0.15) is 49.5 Å². The standard InChI is InChI=1S/C20H24N4O/c1-14-13-18(23(21-14)16-9-5-3-6-10-16)19-15(2)22-24(20(19)25)17-11-7-4-8-12-17/h4,7-8,11-13,16,25H,3,5-6,9-10H2,1-2H3. The summed E-state index contributed by atoms with van der Waals surface area (Å²) in [6.07, 6.45) is 6.11. The zero-order valence-electron chi connectivity index (χ0n) is 14.8. The SMILES string of the molecule is Cc1cc(-c2c(C)nn(-c3ccccc3)c2O)n(C2CCCCC2)n1. The van der Waals surface area contributed by atoms with Crippen LogP contribution < -0.4 is 0 Å². The summed E-state index contributed by atoms with van der Waals surface area (Å²) >= 11 is 0. The molecule has 5 heteroatoms. The van der Waals surface area contributed by atoms with Gasteiger partial charge < -0.3 is 5.11 Å². The highest BCUT2D eigenvalue weighted by atomic mass is 16.3. The lowest BCUT2D eigenvalue weighted by Gasteiger charge is -2.24. The fraction of sp³-hybridized carbons (Fsp3) is 0.400. The van der Waals surface area contributed by atoms with Gasteiger partial charge in [0.15, 0.2) is 0 Å². The second kappa shape index (κ2) is 6.39. The van der Waals surface area contributed by atoms with E-state index < -0.39 is 0 Å². The molecule has 1 fully saturated rings. The molecule has 0 saturated heterocycles. The first-order valence-electron chi connectivity index (χ1n) is 9.05. The Balaban J connectivity index is 1.82. The maximum Gasteiger partial charge on any atom is 0.224 e. The van der Waals surface area contributed by atoms with Crippen LogP contribution in [0.4, 0.5) is 0 Å². The summed E-state index contributed by atoms with van der Waals surface area (Å²) in [5.41, 5.74) is 4.41. The van der Waals surface area contributed by atoms with Gasteiger partial charge in [0.25, 0.3) is 0 Å². The summed E-state index contributed by atoms with van der Waals surface area (Å²) in [5, 5.41) is 20.2. The van der Waals surface area contributed by atoms with Crippen LogP contribution in [-0.4, -0.2) is 24.7 Å². The maximum atomic E-state index is 10.9. The van der Waals surface area contributed by atoms with Crippen molar-refractivity contribution < 1.29 is 5.11 Å². The van der Waals surface area contributed by atoms with Crippen LogP contribution >= 0.6 is 0 Å². The molecule has 0 spiro atoms. The molecule has 0 bridgehead atoms. The van der Waals surface area contributed by atoms with Crippen molar-refractivity contribution in [2.45, 2.75) is 52.0 Å². The first-order valence-corrected chi connectivity index (χ1v) is 9.05. The molecule has 3 aromatic rings. The van der Waals surface area contributed by atoms with Crippen LogP contribution in [0.25, 0.3) is 16.9 Å². The lowest BCUT2D eigenvalue weighted by molar-refractivity contribution is 0.331. The van der Waals surface area contributed by atoms with Crippen molar-refractivity contribution in [2.24, 2.45) is 0 Å². The Kier molecular flexibility index (Phi) is 4.07. The highest BCUT2D eigenvalue weighted by molar-refractivity contribution is 5.69. The summed E-state index contributed by atoms with van der Waals surface area (Å²) < 4.78 is 3.73. The van der Waals surface area contributed by atoms with E-state index >= 15 is 0 Å². The normalized spacial score (nSPS) is 15.6. The lowest BCUT2D eigenvalue weighted by Crippen LogP contribution is -2.15. The van der Waals surface area contributed by atoms with E-state index in [9.17, 15) is 5.11 Å². The van der Waals surface area contributed by atoms with E-state index in [4.69, 9.17) is 5.10 Å². The van der Waals surface area contributed by atoms with Gasteiger partial charge in [0, 0.05) is 0 Å². The molecule has 0 unspecified atom stereocenters. The molecule has 0 radical (unpaired) electrons. The third-order valence-electron chi connectivity index (χ3n) is 5.07. The van der Waals surface area contributed by atoms with Crippen LogP contribution in [0.3, 0.4) is 0 Å². The minimum atomic E-state index is 0.181. The second-order valence-electron chi connectivity index (χ2n) is 6.94. The van der Waals surface area contributed by atoms with Crippen LogP contribution in [-0.2, 0) is 0 Å². The first-order chi connectivity index (χ1) is 12.1. The minimum Gasteiger partial charge on any atom is -0.493 e. The molecular formula is C20H24N4O. The lowest BCUT2D eigenvalue weighted by atomic mass is 9.95. The van der Waals surface area contributed by atoms with Crippen molar-refractivity contribution in [2.75, 3.05) is 0 Å². The van der Waals surface area contributed by atoms with Crippen LogP contribution in [0.15, 0.2) is 36.4 Å². The average molecular weight is 336 g/mol. The molecule has 130 valence electrons. The molecule has 0 aliphatic heterocycles. The van der Waals surface area contributed by atoms with Crippen molar-refractivity contribution in [3.05, 3.63) is 47.8 Å². The van der Waals surface area contributed by atoms with E-state index in [1.807, 2.05) is 44.2 Å². The Morgan fingerprint density at radius 1 is 1.00 bits per heavy atom. The van der Waals surface area contributed by atoms with Gasteiger partial charge >= 0.3 is 0 Å². The molecule has 0 amide bonds. The highest BCUT2D eigenvalue weighted by Gasteiger charge is 2.25. The molecule has 1 aliphatic carbocycles. The van der Waals surface area contributed by atoms with Gasteiger partial charge in [-0.15, -0.1) is 0 Å². The topological polar surface area (TPSA) is 55.9 Å². The van der Waals surface area contributed by atoms with Crippen LogP contribution in [0.2, 0.25) is 0 Å². The number of hydrogen-bond donors (Lipinski definition) is 1. The summed E-state index contributed by atoms with van der Waals surface area (Å²) in [6.45, 7) is 3.96. The van der Waals surface area contributed by atoms with Crippen LogP contribution in [0.5, 0.6) is 5.88 Å². The van der Waals surface area contributed by atoms with E-state index in [0.717, 1.165) is 41.2 Å². The number of para-hydroxylation sites is 1. The number of aryl methyl sites for hydroxylation is 2. The zero-order chi connectivity index (χ0) is 17.4. The van der Waals surface area contributed by atoms with E-state index in [0.29, 0.717) is 6.04 Å². The van der Waals surface area contributed by atoms with E-state index in [1.54, 1.807) is 4.68 Å². The quantitative estimate of drug-likeness (QED) is 0.762. The molecule has 1 aliphatic rings. The molecule has 5 nitrogen and oxygen atoms in total. The van der Waals surface area contributed by atoms with Gasteiger partial charge in [-0.25, -0.2) is 4.68 Å². The van der Waals surface area contributed by atoms with Gasteiger partial charge in [-0.3, -0.25) is 4.68 Å². The molecule has 4 rings (SSSR count). The van der Waals surface area contributed by atoms with Gasteiger partial charge in [0.2, 0.25) is 5.88 Å². The Labute approximate surface area is 147 Å². The van der Waals surface area contributed by atoms with Crippen molar-refractivity contribution >= 4 is 0 Å². The summed E-state index contributed by atoms with van der Waals surface area (Å²) in [4.78, 5) is 0. The number of aromatic nitrogens is 4. The van der Waals surface area contributed by atoms with E-state index in [-0.39, 0.29) is 5.88 Å². The van der Waals surface area contributed by atoms with E-state index in [1.165, 1.54) is 19.3 Å². The molecule has 2 heterocycles.